The maximum absolute atomic E-state index is 12.1. The average molecular weight is 342 g/mol. The van der Waals surface area contributed by atoms with E-state index >= 15 is 0 Å². The minimum atomic E-state index is -0.406. The lowest BCUT2D eigenvalue weighted by atomic mass is 10.0. The number of carbonyl (C=O) groups excluding carboxylic acids is 2. The molecule has 0 saturated carbocycles. The van der Waals surface area contributed by atoms with Crippen LogP contribution in [0.2, 0.25) is 0 Å². The van der Waals surface area contributed by atoms with E-state index in [-0.39, 0.29) is 30.7 Å². The van der Waals surface area contributed by atoms with Crippen molar-refractivity contribution in [3.05, 3.63) is 53.6 Å². The lowest BCUT2D eigenvalue weighted by Gasteiger charge is -2.13. The molecule has 0 saturated heterocycles. The molecular formula is C18H22N4O3. The van der Waals surface area contributed by atoms with Gasteiger partial charge in [0.05, 0.1) is 5.92 Å². The highest BCUT2D eigenvalue weighted by Gasteiger charge is 2.15. The molecule has 0 aliphatic rings. The number of nitrogens with one attached hydrogen (secondary N) is 2. The maximum atomic E-state index is 12.1. The van der Waals surface area contributed by atoms with E-state index in [9.17, 15) is 14.7 Å². The number of hydrogen-bond donors (Lipinski definition) is 5. The van der Waals surface area contributed by atoms with Crippen molar-refractivity contribution in [1.82, 2.24) is 10.6 Å². The minimum Gasteiger partial charge on any atom is -0.508 e. The summed E-state index contributed by atoms with van der Waals surface area (Å²) in [4.78, 5) is 24.1. The third-order valence-electron chi connectivity index (χ3n) is 3.71. The van der Waals surface area contributed by atoms with Crippen molar-refractivity contribution in [1.29, 1.82) is 0 Å². The van der Waals surface area contributed by atoms with Crippen molar-refractivity contribution in [3.8, 4) is 5.75 Å². The number of hydrogen-bond acceptors (Lipinski definition) is 5. The Morgan fingerprint density at radius 2 is 1.68 bits per heavy atom. The van der Waals surface area contributed by atoms with Gasteiger partial charge in [0, 0.05) is 30.0 Å². The second kappa shape index (κ2) is 8.05. The Bertz CT molecular complexity index is 756. The van der Waals surface area contributed by atoms with Crippen LogP contribution in [0.3, 0.4) is 0 Å². The van der Waals surface area contributed by atoms with Crippen molar-refractivity contribution in [2.45, 2.75) is 12.8 Å². The summed E-state index contributed by atoms with van der Waals surface area (Å²) in [6.45, 7) is 2.30. The molecule has 0 aromatic heterocycles. The highest BCUT2D eigenvalue weighted by atomic mass is 16.3. The predicted octanol–water partition coefficient (Wildman–Crippen LogP) is 1.21. The summed E-state index contributed by atoms with van der Waals surface area (Å²) in [5.41, 5.74) is 13.2. The topological polar surface area (TPSA) is 130 Å². The van der Waals surface area contributed by atoms with Crippen LogP contribution in [0.4, 0.5) is 11.4 Å². The minimum absolute atomic E-state index is 0.117. The van der Waals surface area contributed by atoms with Gasteiger partial charge in [-0.2, -0.15) is 0 Å². The van der Waals surface area contributed by atoms with Gasteiger partial charge in [0.1, 0.15) is 5.75 Å². The third kappa shape index (κ3) is 5.13. The zero-order valence-electron chi connectivity index (χ0n) is 14.0. The summed E-state index contributed by atoms with van der Waals surface area (Å²) in [6, 6.07) is 11.2. The molecule has 1 atom stereocenters. The number of amides is 2. The predicted molar refractivity (Wildman–Crippen MR) is 97.1 cm³/mol. The fourth-order valence-electron chi connectivity index (χ4n) is 2.37. The van der Waals surface area contributed by atoms with Crippen LogP contribution in [0.5, 0.6) is 5.75 Å². The average Bonchev–Trinajstić information content (AvgIpc) is 2.56. The van der Waals surface area contributed by atoms with Crippen molar-refractivity contribution in [2.75, 3.05) is 24.6 Å². The number of phenolic OH excluding ortho intramolecular Hbond substituents is 1. The van der Waals surface area contributed by atoms with E-state index in [1.807, 2.05) is 0 Å². The molecule has 0 aliphatic carbocycles. The van der Waals surface area contributed by atoms with Gasteiger partial charge in [-0.15, -0.1) is 0 Å². The Morgan fingerprint density at radius 3 is 2.32 bits per heavy atom. The molecule has 0 bridgehead atoms. The van der Waals surface area contributed by atoms with Gasteiger partial charge in [-0.3, -0.25) is 9.59 Å². The standard InChI is InChI=1S/C18H22N4O3/c1-11(12-3-2-4-16(23)9-12)17(24)21-5-6-22-18(25)13-7-14(19)10-15(20)8-13/h2-4,7-11,23H,5-6,19-20H2,1H3,(H,21,24)(H,22,25). The van der Waals surface area contributed by atoms with E-state index in [1.54, 1.807) is 37.3 Å². The maximum Gasteiger partial charge on any atom is 0.251 e. The summed E-state index contributed by atoms with van der Waals surface area (Å²) in [6.07, 6.45) is 0. The van der Waals surface area contributed by atoms with Crippen molar-refractivity contribution < 1.29 is 14.7 Å². The molecule has 132 valence electrons. The number of nitrogens with two attached hydrogens (primary N) is 2. The van der Waals surface area contributed by atoms with Gasteiger partial charge >= 0.3 is 0 Å². The SMILES string of the molecule is CC(C(=O)NCCNC(=O)c1cc(N)cc(N)c1)c1cccc(O)c1. The number of carbonyl (C=O) groups is 2. The first-order valence-electron chi connectivity index (χ1n) is 7.87. The molecule has 7 N–H and O–H groups in total. The molecule has 0 heterocycles. The Hall–Kier alpha value is -3.22. The largest absolute Gasteiger partial charge is 0.508 e. The highest BCUT2D eigenvalue weighted by Crippen LogP contribution is 2.19. The molecular weight excluding hydrogens is 320 g/mol. The van der Waals surface area contributed by atoms with E-state index in [0.29, 0.717) is 16.9 Å². The molecule has 2 aromatic rings. The molecule has 2 amide bonds. The summed E-state index contributed by atoms with van der Waals surface area (Å²) in [5, 5.41) is 14.9. The van der Waals surface area contributed by atoms with Gasteiger partial charge in [-0.25, -0.2) is 0 Å². The number of benzene rings is 2. The zero-order chi connectivity index (χ0) is 18.4. The van der Waals surface area contributed by atoms with Gasteiger partial charge in [-0.1, -0.05) is 12.1 Å². The van der Waals surface area contributed by atoms with Crippen molar-refractivity contribution in [2.24, 2.45) is 0 Å². The van der Waals surface area contributed by atoms with Crippen LogP contribution in [0.25, 0.3) is 0 Å². The Kier molecular flexibility index (Phi) is 5.84. The van der Waals surface area contributed by atoms with Gasteiger partial charge < -0.3 is 27.2 Å². The molecule has 1 unspecified atom stereocenters. The molecule has 25 heavy (non-hydrogen) atoms. The zero-order valence-corrected chi connectivity index (χ0v) is 14.0. The van der Waals surface area contributed by atoms with E-state index in [4.69, 9.17) is 11.5 Å². The van der Waals surface area contributed by atoms with E-state index in [2.05, 4.69) is 10.6 Å². The van der Waals surface area contributed by atoms with Crippen LogP contribution in [0, 0.1) is 0 Å². The molecule has 0 spiro atoms. The summed E-state index contributed by atoms with van der Waals surface area (Å²) < 4.78 is 0. The molecule has 0 aliphatic heterocycles. The molecule has 0 radical (unpaired) electrons. The van der Waals surface area contributed by atoms with Crippen LogP contribution in [-0.2, 0) is 4.79 Å². The first kappa shape index (κ1) is 18.1. The van der Waals surface area contributed by atoms with Crippen LogP contribution >= 0.6 is 0 Å². The third-order valence-corrected chi connectivity index (χ3v) is 3.71. The van der Waals surface area contributed by atoms with Gasteiger partial charge in [-0.05, 0) is 42.8 Å². The number of rotatable bonds is 6. The number of phenols is 1. The quantitative estimate of drug-likeness (QED) is 0.398. The fourth-order valence-corrected chi connectivity index (χ4v) is 2.37. The summed E-state index contributed by atoms with van der Waals surface area (Å²) in [7, 11) is 0. The summed E-state index contributed by atoms with van der Waals surface area (Å²) >= 11 is 0. The second-order valence-corrected chi connectivity index (χ2v) is 5.75. The lowest BCUT2D eigenvalue weighted by Crippen LogP contribution is -2.36. The van der Waals surface area contributed by atoms with Crippen LogP contribution in [0.15, 0.2) is 42.5 Å². The summed E-state index contributed by atoms with van der Waals surface area (Å²) in [5.74, 6) is -0.787. The lowest BCUT2D eigenvalue weighted by molar-refractivity contribution is -0.122. The molecule has 7 heteroatoms. The van der Waals surface area contributed by atoms with Crippen molar-refractivity contribution in [3.63, 3.8) is 0 Å². The van der Waals surface area contributed by atoms with Crippen molar-refractivity contribution >= 4 is 23.2 Å². The van der Waals surface area contributed by atoms with E-state index in [1.165, 1.54) is 12.1 Å². The Morgan fingerprint density at radius 1 is 1.04 bits per heavy atom. The van der Waals surface area contributed by atoms with Gasteiger partial charge in [0.25, 0.3) is 5.91 Å². The Labute approximate surface area is 146 Å². The Balaban J connectivity index is 1.80. The monoisotopic (exact) mass is 342 g/mol. The smallest absolute Gasteiger partial charge is 0.251 e. The molecule has 0 fully saturated rings. The number of anilines is 2. The first-order valence-corrected chi connectivity index (χ1v) is 7.87. The molecule has 2 rings (SSSR count). The first-order chi connectivity index (χ1) is 11.9. The van der Waals surface area contributed by atoms with E-state index < -0.39 is 5.92 Å². The molecule has 7 nitrogen and oxygen atoms in total. The van der Waals surface area contributed by atoms with Crippen LogP contribution < -0.4 is 22.1 Å². The normalized spacial score (nSPS) is 11.6. The second-order valence-electron chi connectivity index (χ2n) is 5.75. The van der Waals surface area contributed by atoms with Crippen LogP contribution in [0.1, 0.15) is 28.8 Å². The molecule has 2 aromatic carbocycles. The van der Waals surface area contributed by atoms with Gasteiger partial charge in [0.15, 0.2) is 0 Å². The fraction of sp³-hybridized carbons (Fsp3) is 0.222. The van der Waals surface area contributed by atoms with Gasteiger partial charge in [0.2, 0.25) is 5.91 Å². The van der Waals surface area contributed by atoms with E-state index in [0.717, 1.165) is 5.56 Å². The highest BCUT2D eigenvalue weighted by molar-refractivity contribution is 5.96. The van der Waals surface area contributed by atoms with Crippen LogP contribution in [-0.4, -0.2) is 30.0 Å². The number of nitrogen functional groups attached to an aromatic ring is 2. The number of aromatic hydroxyl groups is 1.